The smallest absolute Gasteiger partial charge is 0.238 e. The van der Waals surface area contributed by atoms with Gasteiger partial charge in [-0.2, -0.15) is 14.6 Å². The van der Waals surface area contributed by atoms with Crippen LogP contribution in [0.1, 0.15) is 25.8 Å². The molecule has 0 spiro atoms. The van der Waals surface area contributed by atoms with Crippen LogP contribution in [0.25, 0.3) is 22.5 Å². The molecule has 4 aromatic rings. The van der Waals surface area contributed by atoms with Crippen LogP contribution in [0, 0.1) is 5.92 Å². The minimum atomic E-state index is 0.263. The number of hydrogen-bond acceptors (Lipinski definition) is 2. The van der Waals surface area contributed by atoms with Gasteiger partial charge in [-0.05, 0) is 41.5 Å². The maximum atomic E-state index is 4.51. The fourth-order valence-corrected chi connectivity index (χ4v) is 3.84. The zero-order valence-corrected chi connectivity index (χ0v) is 13.3. The molecular weight excluding hydrogens is 284 g/mol. The minimum absolute atomic E-state index is 0.263. The summed E-state index contributed by atoms with van der Waals surface area (Å²) in [4.78, 5) is 4.51. The van der Waals surface area contributed by atoms with E-state index in [0.717, 1.165) is 22.7 Å². The van der Waals surface area contributed by atoms with Crippen molar-refractivity contribution in [2.24, 2.45) is 5.92 Å². The van der Waals surface area contributed by atoms with E-state index in [-0.39, 0.29) is 5.41 Å². The Morgan fingerprint density at radius 1 is 1.04 bits per heavy atom. The lowest BCUT2D eigenvalue weighted by atomic mass is 9.94. The maximum absolute atomic E-state index is 4.51. The lowest BCUT2D eigenvalue weighted by Gasteiger charge is -2.17. The molecule has 4 heteroatoms. The first-order chi connectivity index (χ1) is 11.2. The van der Waals surface area contributed by atoms with Crippen LogP contribution in [0.5, 0.6) is 0 Å². The van der Waals surface area contributed by atoms with Gasteiger partial charge in [-0.15, -0.1) is 0 Å². The molecule has 0 radical (unpaired) electrons. The molecule has 2 unspecified atom stereocenters. The van der Waals surface area contributed by atoms with Gasteiger partial charge in [-0.3, -0.25) is 4.57 Å². The van der Waals surface area contributed by atoms with E-state index in [9.17, 15) is 0 Å². The van der Waals surface area contributed by atoms with Crippen molar-refractivity contribution in [2.45, 2.75) is 25.7 Å². The summed E-state index contributed by atoms with van der Waals surface area (Å²) in [6, 6.07) is 17.1. The van der Waals surface area contributed by atoms with Crippen molar-refractivity contribution in [3.8, 4) is 5.69 Å². The zero-order valence-electron chi connectivity index (χ0n) is 13.3. The third kappa shape index (κ3) is 1.61. The summed E-state index contributed by atoms with van der Waals surface area (Å²) in [5.41, 5.74) is 5.12. The first-order valence-electron chi connectivity index (χ1n) is 8.09. The van der Waals surface area contributed by atoms with Crippen LogP contribution in [0.15, 0.2) is 54.9 Å². The standard InChI is InChI=1S/C19H18N4/c1-13-11-19(13,2)14-7-3-4-8-15(14)22-16-9-5-6-10-17(16)23-18(22)20-12-21-23/h3-10,12-13H,11H2,1-2H3. The lowest BCUT2D eigenvalue weighted by molar-refractivity contribution is 0.697. The highest BCUT2D eigenvalue weighted by atomic mass is 15.4. The predicted molar refractivity (Wildman–Crippen MR) is 91.0 cm³/mol. The lowest BCUT2D eigenvalue weighted by Crippen LogP contribution is -2.09. The number of rotatable bonds is 2. The fourth-order valence-electron chi connectivity index (χ4n) is 3.84. The highest BCUT2D eigenvalue weighted by Gasteiger charge is 2.49. The van der Waals surface area contributed by atoms with Gasteiger partial charge in [0.2, 0.25) is 5.78 Å². The van der Waals surface area contributed by atoms with Crippen LogP contribution >= 0.6 is 0 Å². The average Bonchev–Trinajstić information content (AvgIpc) is 2.93. The molecule has 1 fully saturated rings. The van der Waals surface area contributed by atoms with E-state index in [4.69, 9.17) is 0 Å². The van der Waals surface area contributed by atoms with Crippen molar-refractivity contribution in [3.63, 3.8) is 0 Å². The van der Waals surface area contributed by atoms with Gasteiger partial charge in [-0.25, -0.2) is 0 Å². The van der Waals surface area contributed by atoms with E-state index >= 15 is 0 Å². The third-order valence-electron chi connectivity index (χ3n) is 5.50. The molecule has 114 valence electrons. The molecule has 1 aliphatic rings. The molecule has 1 saturated carbocycles. The number of nitrogens with zero attached hydrogens (tertiary/aromatic N) is 4. The van der Waals surface area contributed by atoms with Crippen LogP contribution < -0.4 is 0 Å². The summed E-state index contributed by atoms with van der Waals surface area (Å²) in [5, 5.41) is 4.40. The van der Waals surface area contributed by atoms with Crippen LogP contribution in [-0.2, 0) is 5.41 Å². The molecule has 0 bridgehead atoms. The Hall–Kier alpha value is -2.62. The highest BCUT2D eigenvalue weighted by Crippen LogP contribution is 2.55. The SMILES string of the molecule is CC1CC1(C)c1ccccc1-n1c2ccccc2n2ncnc12. The number of imidazole rings is 1. The van der Waals surface area contributed by atoms with Gasteiger partial charge in [0.15, 0.2) is 0 Å². The molecule has 4 nitrogen and oxygen atoms in total. The summed E-state index contributed by atoms with van der Waals surface area (Å²) < 4.78 is 4.17. The Balaban J connectivity index is 1.89. The van der Waals surface area contributed by atoms with Gasteiger partial charge in [0.1, 0.15) is 6.33 Å². The number of para-hydroxylation sites is 3. The van der Waals surface area contributed by atoms with Crippen molar-refractivity contribution in [1.29, 1.82) is 0 Å². The first-order valence-corrected chi connectivity index (χ1v) is 8.09. The molecule has 5 rings (SSSR count). The van der Waals surface area contributed by atoms with E-state index in [1.54, 1.807) is 6.33 Å². The van der Waals surface area contributed by atoms with E-state index in [2.05, 4.69) is 71.0 Å². The topological polar surface area (TPSA) is 35.1 Å². The Morgan fingerprint density at radius 3 is 2.52 bits per heavy atom. The Labute approximate surface area is 134 Å². The van der Waals surface area contributed by atoms with Gasteiger partial charge >= 0.3 is 0 Å². The van der Waals surface area contributed by atoms with Crippen LogP contribution in [0.2, 0.25) is 0 Å². The second-order valence-electron chi connectivity index (χ2n) is 6.84. The van der Waals surface area contributed by atoms with E-state index in [1.807, 2.05) is 10.6 Å². The second kappa shape index (κ2) is 4.22. The van der Waals surface area contributed by atoms with Crippen LogP contribution in [0.3, 0.4) is 0 Å². The summed E-state index contributed by atoms with van der Waals surface area (Å²) >= 11 is 0. The molecule has 0 aliphatic heterocycles. The zero-order chi connectivity index (χ0) is 15.6. The summed E-state index contributed by atoms with van der Waals surface area (Å²) in [5.74, 6) is 1.59. The third-order valence-corrected chi connectivity index (χ3v) is 5.50. The van der Waals surface area contributed by atoms with Crippen molar-refractivity contribution >= 4 is 16.8 Å². The van der Waals surface area contributed by atoms with Crippen molar-refractivity contribution in [1.82, 2.24) is 19.2 Å². The van der Waals surface area contributed by atoms with Crippen LogP contribution in [-0.4, -0.2) is 19.2 Å². The molecule has 1 aliphatic carbocycles. The molecule has 2 heterocycles. The largest absolute Gasteiger partial charge is 0.277 e. The van der Waals surface area contributed by atoms with E-state index in [0.29, 0.717) is 0 Å². The molecular formula is C19H18N4. The molecule has 2 atom stereocenters. The van der Waals surface area contributed by atoms with E-state index in [1.165, 1.54) is 17.7 Å². The molecule has 23 heavy (non-hydrogen) atoms. The van der Waals surface area contributed by atoms with Gasteiger partial charge in [-0.1, -0.05) is 44.2 Å². The quantitative estimate of drug-likeness (QED) is 0.561. The molecule has 2 aromatic carbocycles. The van der Waals surface area contributed by atoms with Gasteiger partial charge < -0.3 is 0 Å². The van der Waals surface area contributed by atoms with Crippen molar-refractivity contribution < 1.29 is 0 Å². The molecule has 2 aromatic heterocycles. The van der Waals surface area contributed by atoms with E-state index < -0.39 is 0 Å². The molecule has 0 N–H and O–H groups in total. The van der Waals surface area contributed by atoms with Crippen molar-refractivity contribution in [3.05, 3.63) is 60.4 Å². The fraction of sp³-hybridized carbons (Fsp3) is 0.263. The summed E-state index contributed by atoms with van der Waals surface area (Å²) in [7, 11) is 0. The second-order valence-corrected chi connectivity index (χ2v) is 6.84. The minimum Gasteiger partial charge on any atom is -0.277 e. The van der Waals surface area contributed by atoms with Gasteiger partial charge in [0.25, 0.3) is 0 Å². The summed E-state index contributed by atoms with van der Waals surface area (Å²) in [6.07, 6.45) is 2.87. The molecule has 0 saturated heterocycles. The summed E-state index contributed by atoms with van der Waals surface area (Å²) in [6.45, 7) is 4.69. The van der Waals surface area contributed by atoms with Gasteiger partial charge in [0, 0.05) is 0 Å². The average molecular weight is 302 g/mol. The highest BCUT2D eigenvalue weighted by molar-refractivity contribution is 5.83. The predicted octanol–water partition coefficient (Wildman–Crippen LogP) is 3.97. The number of fused-ring (bicyclic) bond motifs is 3. The molecule has 0 amide bonds. The van der Waals surface area contributed by atoms with Crippen LogP contribution in [0.4, 0.5) is 0 Å². The Morgan fingerprint density at radius 2 is 1.74 bits per heavy atom. The van der Waals surface area contributed by atoms with Crippen molar-refractivity contribution in [2.75, 3.05) is 0 Å². The normalized spacial score (nSPS) is 23.7. The Kier molecular flexibility index (Phi) is 2.36. The number of benzene rings is 2. The number of aromatic nitrogens is 4. The first kappa shape index (κ1) is 12.9. The number of hydrogen-bond donors (Lipinski definition) is 0. The maximum Gasteiger partial charge on any atom is 0.238 e. The Bertz CT molecular complexity index is 1040. The monoisotopic (exact) mass is 302 g/mol. The van der Waals surface area contributed by atoms with Gasteiger partial charge in [0.05, 0.1) is 16.7 Å².